The second-order valence-corrected chi connectivity index (χ2v) is 15.3. The van der Waals surface area contributed by atoms with Crippen LogP contribution < -0.4 is 23.5 Å². The number of aliphatic hydroxyl groups excluding tert-OH is 2. The number of aliphatic hydroxyl groups is 2. The highest BCUT2D eigenvalue weighted by molar-refractivity contribution is 14.1. The lowest BCUT2D eigenvalue weighted by molar-refractivity contribution is -0.596. The minimum atomic E-state index is -3.85. The van der Waals surface area contributed by atoms with Gasteiger partial charge in [0.1, 0.15) is 17.9 Å². The standard InChI is InChI=1S/C45H30F4IN4O7/c1-24-9-10-25(17-32(41(55)29-6-3-15-52-22-29)39(51)26-11-13-34-36(20-26)59-44(46,47)57-34)18-33(24)54-16-4-7-30(23-54)42(56)38-40(53-61-43(38)28-5-2-8-31(50)19-28)27-12-14-35-37(21-27)60-45(48,49)58-35/h2-23,41-42,51,55-56H,1H3/q+1. The molecule has 4 aromatic carbocycles. The third kappa shape index (κ3) is 7.92. The molecule has 0 bridgehead atoms. The smallest absolute Gasteiger partial charge is 0.395 e. The highest BCUT2D eigenvalue weighted by Crippen LogP contribution is 2.46. The van der Waals surface area contributed by atoms with Crippen LogP contribution in [0.2, 0.25) is 0 Å². The number of nitrogens with one attached hydrogen (secondary N) is 1. The molecule has 2 unspecified atom stereocenters. The van der Waals surface area contributed by atoms with Crippen molar-refractivity contribution in [2.75, 3.05) is 0 Å². The molecule has 2 atom stereocenters. The fourth-order valence-electron chi connectivity index (χ4n) is 7.12. The fraction of sp³-hybridized carbons (Fsp3) is 0.111. The van der Waals surface area contributed by atoms with Gasteiger partial charge in [0, 0.05) is 67.1 Å². The Morgan fingerprint density at radius 1 is 0.787 bits per heavy atom. The minimum absolute atomic E-state index is 0.137. The van der Waals surface area contributed by atoms with Crippen LogP contribution in [-0.2, 0) is 0 Å². The molecule has 5 heterocycles. The number of alkyl halides is 4. The van der Waals surface area contributed by atoms with Gasteiger partial charge in [0.2, 0.25) is 5.69 Å². The Balaban J connectivity index is 1.10. The summed E-state index contributed by atoms with van der Waals surface area (Å²) in [6.07, 6.45) is -2.22. The second kappa shape index (κ2) is 15.4. The van der Waals surface area contributed by atoms with E-state index in [1.165, 1.54) is 42.6 Å². The number of nitrogens with zero attached hydrogens (tertiary/aromatic N) is 3. The number of fused-ring (bicyclic) bond motifs is 2. The molecule has 7 aromatic rings. The summed E-state index contributed by atoms with van der Waals surface area (Å²) in [5.74, 6) is -0.511. The molecule has 2 aliphatic heterocycles. The summed E-state index contributed by atoms with van der Waals surface area (Å²) < 4.78 is 82.7. The van der Waals surface area contributed by atoms with Crippen LogP contribution in [0.5, 0.6) is 23.0 Å². The molecule has 9 rings (SSSR count). The van der Waals surface area contributed by atoms with E-state index in [9.17, 15) is 33.2 Å². The van der Waals surface area contributed by atoms with Crippen molar-refractivity contribution in [3.8, 4) is 51.3 Å². The van der Waals surface area contributed by atoms with Crippen molar-refractivity contribution in [3.63, 3.8) is 0 Å². The lowest BCUT2D eigenvalue weighted by atomic mass is 9.92. The van der Waals surface area contributed by atoms with E-state index >= 15 is 0 Å². The molecule has 0 saturated carbocycles. The van der Waals surface area contributed by atoms with Gasteiger partial charge in [-0.25, -0.2) is 0 Å². The molecule has 2 aliphatic rings. The number of ether oxygens (including phenoxy) is 4. The number of benzene rings is 4. The van der Waals surface area contributed by atoms with Gasteiger partial charge in [-0.05, 0) is 102 Å². The molecule has 3 N–H and O–H groups in total. The molecule has 3 aromatic heterocycles. The highest BCUT2D eigenvalue weighted by Gasteiger charge is 2.45. The normalized spacial score (nSPS) is 15.7. The summed E-state index contributed by atoms with van der Waals surface area (Å²) in [5.41, 5.74) is 4.49. The van der Waals surface area contributed by atoms with Gasteiger partial charge in [-0.1, -0.05) is 35.5 Å². The van der Waals surface area contributed by atoms with E-state index in [2.05, 4.69) is 46.9 Å². The van der Waals surface area contributed by atoms with Gasteiger partial charge < -0.3 is 33.7 Å². The van der Waals surface area contributed by atoms with Crippen molar-refractivity contribution in [1.82, 2.24) is 10.1 Å². The SMILES string of the molecule is Cc1ccc(C=C(C(=N)c2ccc3c(c2)OC(F)(F)O3)C(O)c2cccnc2)cc1-[n+]1cccc(C(O)c2c(-c3ccc4c(c3)OC(F)(F)O4)noc2-c2cccc(I)c2)c1. The van der Waals surface area contributed by atoms with Crippen LogP contribution in [0.15, 0.2) is 138 Å². The van der Waals surface area contributed by atoms with Crippen LogP contribution in [0.1, 0.15) is 45.6 Å². The number of hydrogen-bond donors (Lipinski definition) is 3. The maximum Gasteiger partial charge on any atom is 0.586 e. The first kappa shape index (κ1) is 39.8. The Morgan fingerprint density at radius 2 is 1.51 bits per heavy atom. The van der Waals surface area contributed by atoms with E-state index in [-0.39, 0.29) is 56.9 Å². The van der Waals surface area contributed by atoms with E-state index in [4.69, 9.17) is 9.26 Å². The van der Waals surface area contributed by atoms with Crippen molar-refractivity contribution < 1.29 is 55.8 Å². The predicted octanol–water partition coefficient (Wildman–Crippen LogP) is 9.50. The molecule has 0 spiro atoms. The second-order valence-electron chi connectivity index (χ2n) is 14.1. The van der Waals surface area contributed by atoms with Crippen molar-refractivity contribution in [2.24, 2.45) is 0 Å². The fourth-order valence-corrected chi connectivity index (χ4v) is 7.66. The van der Waals surface area contributed by atoms with Gasteiger partial charge in [0.25, 0.3) is 0 Å². The first-order chi connectivity index (χ1) is 29.2. The molecule has 61 heavy (non-hydrogen) atoms. The summed E-state index contributed by atoms with van der Waals surface area (Å²) in [5, 5.41) is 37.4. The number of rotatable bonds is 10. The average molecular weight is 942 g/mol. The van der Waals surface area contributed by atoms with Crippen LogP contribution >= 0.6 is 22.6 Å². The molecule has 0 fully saturated rings. The zero-order valence-electron chi connectivity index (χ0n) is 31.5. The third-order valence-corrected chi connectivity index (χ3v) is 10.7. The first-order valence-electron chi connectivity index (χ1n) is 18.5. The molecular weight excluding hydrogens is 911 g/mol. The van der Waals surface area contributed by atoms with E-state index in [0.29, 0.717) is 33.5 Å². The van der Waals surface area contributed by atoms with Crippen molar-refractivity contribution >= 4 is 34.4 Å². The Bertz CT molecular complexity index is 2890. The van der Waals surface area contributed by atoms with E-state index in [1.807, 2.05) is 37.3 Å². The van der Waals surface area contributed by atoms with Gasteiger partial charge in [-0.15, -0.1) is 17.6 Å². The molecule has 0 radical (unpaired) electrons. The topological polar surface area (TPSA) is 144 Å². The zero-order chi connectivity index (χ0) is 42.6. The number of hydrogen-bond acceptors (Lipinski definition) is 10. The van der Waals surface area contributed by atoms with Gasteiger partial charge in [-0.3, -0.25) is 10.4 Å². The molecule has 0 aliphatic carbocycles. The summed E-state index contributed by atoms with van der Waals surface area (Å²) in [6, 6.07) is 27.8. The van der Waals surface area contributed by atoms with Crippen LogP contribution in [-0.4, -0.2) is 38.7 Å². The molecule has 0 amide bonds. The third-order valence-electron chi connectivity index (χ3n) is 10.0. The van der Waals surface area contributed by atoms with Gasteiger partial charge >= 0.3 is 12.6 Å². The predicted molar refractivity (Wildman–Crippen MR) is 220 cm³/mol. The summed E-state index contributed by atoms with van der Waals surface area (Å²) in [7, 11) is 0. The number of aromatic nitrogens is 3. The number of pyridine rings is 2. The quantitative estimate of drug-likeness (QED) is 0.0529. The molecular formula is C45H30F4IN4O7+. The van der Waals surface area contributed by atoms with E-state index in [0.717, 1.165) is 9.13 Å². The molecule has 16 heteroatoms. The average Bonchev–Trinajstić information content (AvgIpc) is 3.93. The number of halogens is 5. The Kier molecular flexibility index (Phi) is 10.1. The van der Waals surface area contributed by atoms with Crippen LogP contribution in [0.4, 0.5) is 17.6 Å². The molecule has 11 nitrogen and oxygen atoms in total. The van der Waals surface area contributed by atoms with E-state index in [1.54, 1.807) is 65.6 Å². The van der Waals surface area contributed by atoms with E-state index < -0.39 is 24.8 Å². The van der Waals surface area contributed by atoms with Crippen LogP contribution in [0, 0.1) is 15.9 Å². The minimum Gasteiger partial charge on any atom is -0.395 e. The summed E-state index contributed by atoms with van der Waals surface area (Å²) in [6.45, 7) is 1.89. The maximum atomic E-state index is 14.0. The van der Waals surface area contributed by atoms with Crippen molar-refractivity contribution in [3.05, 3.63) is 170 Å². The van der Waals surface area contributed by atoms with Gasteiger partial charge in [0.05, 0.1) is 11.3 Å². The lowest BCUT2D eigenvalue weighted by Crippen LogP contribution is -2.31. The first-order valence-corrected chi connectivity index (χ1v) is 19.5. The zero-order valence-corrected chi connectivity index (χ0v) is 33.7. The largest absolute Gasteiger partial charge is 0.586 e. The molecule has 306 valence electrons. The van der Waals surface area contributed by atoms with Crippen molar-refractivity contribution in [1.29, 1.82) is 5.41 Å². The Hall–Kier alpha value is -6.63. The van der Waals surface area contributed by atoms with Crippen LogP contribution in [0.3, 0.4) is 0 Å². The summed E-state index contributed by atoms with van der Waals surface area (Å²) in [4.78, 5) is 4.12. The van der Waals surface area contributed by atoms with Gasteiger partial charge in [0.15, 0.2) is 41.2 Å². The highest BCUT2D eigenvalue weighted by atomic mass is 127. The lowest BCUT2D eigenvalue weighted by Gasteiger charge is -2.17. The van der Waals surface area contributed by atoms with Crippen LogP contribution in [0.25, 0.3) is 34.3 Å². The Morgan fingerprint density at radius 3 is 2.25 bits per heavy atom. The maximum absolute atomic E-state index is 14.0. The van der Waals surface area contributed by atoms with Crippen molar-refractivity contribution in [2.45, 2.75) is 31.7 Å². The summed E-state index contributed by atoms with van der Waals surface area (Å²) >= 11 is 2.16. The Labute approximate surface area is 357 Å². The molecule has 0 saturated heterocycles. The van der Waals surface area contributed by atoms with Gasteiger partial charge in [-0.2, -0.15) is 4.57 Å². The number of aryl methyl sites for hydroxylation is 1. The monoisotopic (exact) mass is 941 g/mol.